The number of hydrogen-bond acceptors (Lipinski definition) is 3. The second kappa shape index (κ2) is 9.25. The normalized spacial score (nSPS) is 13.9. The number of carbonyl (C=O) groups is 2. The number of nitrogens with one attached hydrogen (secondary N) is 1. The molecule has 136 valence electrons. The fourth-order valence-corrected chi connectivity index (χ4v) is 3.05. The highest BCUT2D eigenvalue weighted by molar-refractivity contribution is 5.94. The van der Waals surface area contributed by atoms with E-state index < -0.39 is 0 Å². The van der Waals surface area contributed by atoms with Crippen molar-refractivity contribution in [3.8, 4) is 0 Å². The van der Waals surface area contributed by atoms with Gasteiger partial charge in [-0.25, -0.2) is 0 Å². The van der Waals surface area contributed by atoms with E-state index in [4.69, 9.17) is 5.73 Å². The number of anilines is 2. The van der Waals surface area contributed by atoms with Crippen LogP contribution in [0.15, 0.2) is 24.3 Å². The van der Waals surface area contributed by atoms with Crippen LogP contribution >= 0.6 is 0 Å². The first-order chi connectivity index (χ1) is 12.0. The molecule has 0 heterocycles. The van der Waals surface area contributed by atoms with Gasteiger partial charge in [0.15, 0.2) is 0 Å². The molecule has 0 aromatic heterocycles. The van der Waals surface area contributed by atoms with Crippen LogP contribution in [0, 0.1) is 0 Å². The van der Waals surface area contributed by atoms with Gasteiger partial charge in [-0.05, 0) is 55.4 Å². The van der Waals surface area contributed by atoms with Crippen molar-refractivity contribution in [1.29, 1.82) is 0 Å². The molecule has 0 aliphatic heterocycles. The molecule has 0 unspecified atom stereocenters. The molecule has 5 nitrogen and oxygen atoms in total. The summed E-state index contributed by atoms with van der Waals surface area (Å²) in [7, 11) is 1.77. The number of nitrogens with zero attached hydrogens (tertiary/aromatic N) is 1. The van der Waals surface area contributed by atoms with E-state index in [2.05, 4.69) is 11.4 Å². The van der Waals surface area contributed by atoms with Crippen molar-refractivity contribution in [2.75, 3.05) is 24.6 Å². The first-order valence-electron chi connectivity index (χ1n) is 9.14. The van der Waals surface area contributed by atoms with Gasteiger partial charge in [-0.15, -0.1) is 0 Å². The minimum atomic E-state index is -0.0705. The van der Waals surface area contributed by atoms with Gasteiger partial charge in [0.2, 0.25) is 11.8 Å². The summed E-state index contributed by atoms with van der Waals surface area (Å²) in [5, 5.41) is 2.91. The van der Waals surface area contributed by atoms with Crippen LogP contribution in [-0.2, 0) is 9.59 Å². The predicted molar refractivity (Wildman–Crippen MR) is 103 cm³/mol. The van der Waals surface area contributed by atoms with E-state index in [9.17, 15) is 9.59 Å². The average molecular weight is 343 g/mol. The van der Waals surface area contributed by atoms with Crippen LogP contribution in [0.25, 0.3) is 5.57 Å². The fraction of sp³-hybridized carbons (Fsp3) is 0.500. The maximum Gasteiger partial charge on any atom is 0.224 e. The molecule has 0 saturated carbocycles. The third-order valence-corrected chi connectivity index (χ3v) is 4.61. The van der Waals surface area contributed by atoms with E-state index in [1.807, 2.05) is 25.1 Å². The molecule has 25 heavy (non-hydrogen) atoms. The molecule has 3 N–H and O–H groups in total. The van der Waals surface area contributed by atoms with Crippen LogP contribution in [0.4, 0.5) is 11.4 Å². The third kappa shape index (κ3) is 5.62. The van der Waals surface area contributed by atoms with Crippen molar-refractivity contribution in [2.24, 2.45) is 0 Å². The van der Waals surface area contributed by atoms with Gasteiger partial charge in [0.1, 0.15) is 0 Å². The number of hydrogen-bond donors (Lipinski definition) is 2. The van der Waals surface area contributed by atoms with E-state index in [-0.39, 0.29) is 11.8 Å². The highest BCUT2D eigenvalue weighted by atomic mass is 16.2. The number of allylic oxidation sites excluding steroid dienone is 2. The standard InChI is InChI=1S/C20H29N3O2/c1-3-20(25)23(2)13-7-10-19(24)22-18-14-16(11-12-17(18)21)15-8-5-4-6-9-15/h8,11-12,14H,3-7,9-10,13,21H2,1-2H3,(H,22,24). The fourth-order valence-electron chi connectivity index (χ4n) is 3.05. The topological polar surface area (TPSA) is 75.4 Å². The lowest BCUT2D eigenvalue weighted by Crippen LogP contribution is -2.27. The second-order valence-electron chi connectivity index (χ2n) is 6.60. The highest BCUT2D eigenvalue weighted by Crippen LogP contribution is 2.30. The first kappa shape index (κ1) is 19.0. The van der Waals surface area contributed by atoms with E-state index in [0.717, 1.165) is 18.4 Å². The molecule has 0 atom stereocenters. The Kier molecular flexibility index (Phi) is 7.04. The number of carbonyl (C=O) groups excluding carboxylic acids is 2. The minimum Gasteiger partial charge on any atom is -0.397 e. The van der Waals surface area contributed by atoms with E-state index in [1.165, 1.54) is 18.4 Å². The van der Waals surface area contributed by atoms with Crippen molar-refractivity contribution in [3.05, 3.63) is 29.8 Å². The molecular formula is C20H29N3O2. The SMILES string of the molecule is CCC(=O)N(C)CCCC(=O)Nc1cc(C2=CCCCC2)ccc1N. The lowest BCUT2D eigenvalue weighted by atomic mass is 9.93. The summed E-state index contributed by atoms with van der Waals surface area (Å²) in [6.07, 6.45) is 8.43. The van der Waals surface area contributed by atoms with Gasteiger partial charge >= 0.3 is 0 Å². The lowest BCUT2D eigenvalue weighted by Gasteiger charge is -2.17. The summed E-state index contributed by atoms with van der Waals surface area (Å²) in [5.41, 5.74) is 9.73. The van der Waals surface area contributed by atoms with Crippen LogP contribution in [0.1, 0.15) is 57.4 Å². The van der Waals surface area contributed by atoms with E-state index in [0.29, 0.717) is 37.2 Å². The Balaban J connectivity index is 1.91. The highest BCUT2D eigenvalue weighted by Gasteiger charge is 2.11. The molecule has 2 amide bonds. The van der Waals surface area contributed by atoms with Gasteiger partial charge < -0.3 is 16.0 Å². The smallest absolute Gasteiger partial charge is 0.224 e. The van der Waals surface area contributed by atoms with Gasteiger partial charge in [0, 0.05) is 26.4 Å². The number of rotatable bonds is 7. The lowest BCUT2D eigenvalue weighted by molar-refractivity contribution is -0.130. The Bertz CT molecular complexity index is 652. The van der Waals surface area contributed by atoms with Gasteiger partial charge in [-0.3, -0.25) is 9.59 Å². The molecule has 5 heteroatoms. The third-order valence-electron chi connectivity index (χ3n) is 4.61. The van der Waals surface area contributed by atoms with Gasteiger partial charge in [-0.2, -0.15) is 0 Å². The first-order valence-corrected chi connectivity index (χ1v) is 9.14. The number of benzene rings is 1. The maximum absolute atomic E-state index is 12.2. The zero-order valence-corrected chi connectivity index (χ0v) is 15.3. The van der Waals surface area contributed by atoms with E-state index >= 15 is 0 Å². The van der Waals surface area contributed by atoms with Gasteiger partial charge in [-0.1, -0.05) is 19.1 Å². The molecule has 1 aromatic carbocycles. The largest absolute Gasteiger partial charge is 0.397 e. The summed E-state index contributed by atoms with van der Waals surface area (Å²) in [4.78, 5) is 25.4. The number of amides is 2. The predicted octanol–water partition coefficient (Wildman–Crippen LogP) is 3.81. The Hall–Kier alpha value is -2.30. The summed E-state index contributed by atoms with van der Waals surface area (Å²) < 4.78 is 0. The van der Waals surface area contributed by atoms with Crippen molar-refractivity contribution in [3.63, 3.8) is 0 Å². The zero-order valence-electron chi connectivity index (χ0n) is 15.3. The maximum atomic E-state index is 12.2. The average Bonchev–Trinajstić information content (AvgIpc) is 2.63. The summed E-state index contributed by atoms with van der Waals surface area (Å²) in [5.74, 6) is 0.0249. The Morgan fingerprint density at radius 2 is 2.08 bits per heavy atom. The van der Waals surface area contributed by atoms with Crippen molar-refractivity contribution in [2.45, 2.75) is 51.9 Å². The Morgan fingerprint density at radius 3 is 2.76 bits per heavy atom. The number of nitrogens with two attached hydrogens (primary N) is 1. The molecule has 2 rings (SSSR count). The molecule has 0 spiro atoms. The van der Waals surface area contributed by atoms with Crippen molar-refractivity contribution >= 4 is 28.8 Å². The number of nitrogen functional groups attached to an aromatic ring is 1. The van der Waals surface area contributed by atoms with Crippen molar-refractivity contribution in [1.82, 2.24) is 4.90 Å². The molecule has 1 aliphatic rings. The second-order valence-corrected chi connectivity index (χ2v) is 6.60. The quantitative estimate of drug-likeness (QED) is 0.739. The summed E-state index contributed by atoms with van der Waals surface area (Å²) in [6.45, 7) is 2.42. The van der Waals surface area contributed by atoms with Gasteiger partial charge in [0.25, 0.3) is 0 Å². The van der Waals surface area contributed by atoms with E-state index in [1.54, 1.807) is 11.9 Å². The Morgan fingerprint density at radius 1 is 1.28 bits per heavy atom. The van der Waals surface area contributed by atoms with Gasteiger partial charge in [0.05, 0.1) is 11.4 Å². The molecule has 0 bridgehead atoms. The molecule has 0 radical (unpaired) electrons. The molecular weight excluding hydrogens is 314 g/mol. The van der Waals surface area contributed by atoms with Crippen molar-refractivity contribution < 1.29 is 9.59 Å². The molecule has 1 aromatic rings. The van der Waals surface area contributed by atoms with Crippen LogP contribution < -0.4 is 11.1 Å². The van der Waals surface area contributed by atoms with Crippen LogP contribution in [0.2, 0.25) is 0 Å². The molecule has 0 fully saturated rings. The molecule has 0 saturated heterocycles. The monoisotopic (exact) mass is 343 g/mol. The Labute approximate surface area is 150 Å². The summed E-state index contributed by atoms with van der Waals surface area (Å²) >= 11 is 0. The molecule has 1 aliphatic carbocycles. The van der Waals surface area contributed by atoms with Crippen LogP contribution in [0.5, 0.6) is 0 Å². The van der Waals surface area contributed by atoms with Crippen LogP contribution in [-0.4, -0.2) is 30.3 Å². The zero-order chi connectivity index (χ0) is 18.2. The summed E-state index contributed by atoms with van der Waals surface area (Å²) in [6, 6.07) is 5.85. The van der Waals surface area contributed by atoms with Crippen LogP contribution in [0.3, 0.4) is 0 Å². The minimum absolute atomic E-state index is 0.0705.